The van der Waals surface area contributed by atoms with Crippen LogP contribution >= 0.6 is 0 Å². The standard InChI is InChI=1S/C14H24F3NO4/c1-5-13(10(19)20,7-6-8-14(15,16)17)9-18-11(21)22-12(2,3)4/h5-9H2,1-4H3,(H,18,21)(H,19,20). The minimum atomic E-state index is -4.32. The average molecular weight is 327 g/mol. The Morgan fingerprint density at radius 1 is 1.14 bits per heavy atom. The van der Waals surface area contributed by atoms with Crippen LogP contribution in [0.25, 0.3) is 0 Å². The van der Waals surface area contributed by atoms with Crippen LogP contribution in [-0.2, 0) is 9.53 Å². The summed E-state index contributed by atoms with van der Waals surface area (Å²) >= 11 is 0. The highest BCUT2D eigenvalue weighted by Crippen LogP contribution is 2.32. The topological polar surface area (TPSA) is 75.6 Å². The maximum Gasteiger partial charge on any atom is 0.407 e. The third-order valence-corrected chi connectivity index (χ3v) is 3.22. The van der Waals surface area contributed by atoms with Crippen LogP contribution in [0.4, 0.5) is 18.0 Å². The molecule has 0 aliphatic carbocycles. The quantitative estimate of drug-likeness (QED) is 0.747. The molecule has 0 aromatic carbocycles. The second-order valence-electron chi connectivity index (χ2n) is 6.26. The van der Waals surface area contributed by atoms with Crippen LogP contribution < -0.4 is 5.32 Å². The monoisotopic (exact) mass is 327 g/mol. The summed E-state index contributed by atoms with van der Waals surface area (Å²) in [5.74, 6) is -1.23. The number of aliphatic carboxylic acids is 1. The predicted molar refractivity (Wildman–Crippen MR) is 74.5 cm³/mol. The fraction of sp³-hybridized carbons (Fsp3) is 0.857. The normalized spacial score (nSPS) is 15.0. The van der Waals surface area contributed by atoms with E-state index in [-0.39, 0.29) is 25.8 Å². The number of amides is 1. The third kappa shape index (κ3) is 8.09. The van der Waals surface area contributed by atoms with E-state index in [1.54, 1.807) is 27.7 Å². The Labute approximate surface area is 128 Å². The molecule has 0 aromatic heterocycles. The van der Waals surface area contributed by atoms with E-state index in [2.05, 4.69) is 5.32 Å². The molecule has 1 amide bonds. The zero-order chi connectivity index (χ0) is 17.6. The van der Waals surface area contributed by atoms with Crippen molar-refractivity contribution in [3.63, 3.8) is 0 Å². The Morgan fingerprint density at radius 2 is 1.68 bits per heavy atom. The molecule has 2 N–H and O–H groups in total. The molecule has 0 rings (SSSR count). The van der Waals surface area contributed by atoms with Gasteiger partial charge in [0.1, 0.15) is 5.60 Å². The first kappa shape index (κ1) is 20.5. The maximum absolute atomic E-state index is 12.2. The Morgan fingerprint density at radius 3 is 2.05 bits per heavy atom. The van der Waals surface area contributed by atoms with Crippen molar-refractivity contribution in [3.05, 3.63) is 0 Å². The lowest BCUT2D eigenvalue weighted by Crippen LogP contribution is -2.44. The molecular formula is C14H24F3NO4. The van der Waals surface area contributed by atoms with Crippen LogP contribution in [0, 0.1) is 5.41 Å². The van der Waals surface area contributed by atoms with Crippen molar-refractivity contribution < 1.29 is 32.6 Å². The minimum Gasteiger partial charge on any atom is -0.481 e. The van der Waals surface area contributed by atoms with Gasteiger partial charge in [0.15, 0.2) is 0 Å². The molecule has 0 bridgehead atoms. The van der Waals surface area contributed by atoms with Crippen molar-refractivity contribution in [1.82, 2.24) is 5.32 Å². The van der Waals surface area contributed by atoms with Crippen molar-refractivity contribution in [3.8, 4) is 0 Å². The van der Waals surface area contributed by atoms with Crippen LogP contribution in [0.3, 0.4) is 0 Å². The maximum atomic E-state index is 12.2. The van der Waals surface area contributed by atoms with Crippen LogP contribution in [-0.4, -0.2) is 35.5 Å². The first-order valence-electron chi connectivity index (χ1n) is 7.08. The number of carboxylic acid groups (broad SMARTS) is 1. The van der Waals surface area contributed by atoms with Crippen LogP contribution in [0.2, 0.25) is 0 Å². The molecule has 0 heterocycles. The number of nitrogens with one attached hydrogen (secondary N) is 1. The van der Waals surface area contributed by atoms with E-state index >= 15 is 0 Å². The second kappa shape index (κ2) is 7.69. The molecule has 130 valence electrons. The van der Waals surface area contributed by atoms with E-state index in [4.69, 9.17) is 4.74 Å². The van der Waals surface area contributed by atoms with E-state index in [9.17, 15) is 27.9 Å². The highest BCUT2D eigenvalue weighted by molar-refractivity contribution is 5.76. The van der Waals surface area contributed by atoms with Gasteiger partial charge in [-0.3, -0.25) is 4.79 Å². The van der Waals surface area contributed by atoms with Gasteiger partial charge in [-0.25, -0.2) is 4.79 Å². The summed E-state index contributed by atoms with van der Waals surface area (Å²) < 4.78 is 41.6. The highest BCUT2D eigenvalue weighted by Gasteiger charge is 2.38. The number of alkyl carbamates (subject to hydrolysis) is 1. The summed E-state index contributed by atoms with van der Waals surface area (Å²) in [5.41, 5.74) is -2.17. The fourth-order valence-electron chi connectivity index (χ4n) is 1.91. The number of carbonyl (C=O) groups excluding carboxylic acids is 1. The molecule has 0 aliphatic heterocycles. The minimum absolute atomic E-state index is 0.107. The van der Waals surface area contributed by atoms with Crippen molar-refractivity contribution in [2.75, 3.05) is 6.54 Å². The molecule has 0 fully saturated rings. The summed E-state index contributed by atoms with van der Waals surface area (Å²) in [6.45, 7) is 6.25. The van der Waals surface area contributed by atoms with Gasteiger partial charge in [0.2, 0.25) is 0 Å². The zero-order valence-corrected chi connectivity index (χ0v) is 13.3. The molecule has 22 heavy (non-hydrogen) atoms. The van der Waals surface area contributed by atoms with Gasteiger partial charge in [-0.15, -0.1) is 0 Å². The molecule has 5 nitrogen and oxygen atoms in total. The van der Waals surface area contributed by atoms with Gasteiger partial charge in [-0.2, -0.15) is 13.2 Å². The summed E-state index contributed by atoms with van der Waals surface area (Å²) in [6.07, 6.45) is -6.53. The van der Waals surface area contributed by atoms with Crippen LogP contribution in [0.1, 0.15) is 53.4 Å². The summed E-state index contributed by atoms with van der Waals surface area (Å²) in [5, 5.41) is 11.7. The Kier molecular flexibility index (Phi) is 7.18. The van der Waals surface area contributed by atoms with E-state index in [0.29, 0.717) is 0 Å². The van der Waals surface area contributed by atoms with Gasteiger partial charge in [0, 0.05) is 13.0 Å². The van der Waals surface area contributed by atoms with E-state index in [1.165, 1.54) is 0 Å². The summed E-state index contributed by atoms with van der Waals surface area (Å²) in [6, 6.07) is 0. The second-order valence-corrected chi connectivity index (χ2v) is 6.26. The Balaban J connectivity index is 4.70. The van der Waals surface area contributed by atoms with Crippen molar-refractivity contribution in [2.24, 2.45) is 5.41 Å². The number of rotatable bonds is 7. The fourth-order valence-corrected chi connectivity index (χ4v) is 1.91. The number of ether oxygens (including phenoxy) is 1. The molecular weight excluding hydrogens is 303 g/mol. The van der Waals surface area contributed by atoms with Crippen molar-refractivity contribution >= 4 is 12.1 Å². The average Bonchev–Trinajstić information content (AvgIpc) is 2.29. The van der Waals surface area contributed by atoms with Gasteiger partial charge in [0.25, 0.3) is 0 Å². The predicted octanol–water partition coefficient (Wildman–Crippen LogP) is 3.72. The van der Waals surface area contributed by atoms with Crippen molar-refractivity contribution in [2.45, 2.75) is 65.2 Å². The first-order valence-corrected chi connectivity index (χ1v) is 7.08. The third-order valence-electron chi connectivity index (χ3n) is 3.22. The SMILES string of the molecule is CCC(CCCC(F)(F)F)(CNC(=O)OC(C)(C)C)C(=O)O. The van der Waals surface area contributed by atoms with Gasteiger partial charge in [-0.05, 0) is 40.0 Å². The number of carbonyl (C=O) groups is 2. The van der Waals surface area contributed by atoms with Gasteiger partial charge >= 0.3 is 18.2 Å². The molecule has 0 aromatic rings. The smallest absolute Gasteiger partial charge is 0.407 e. The highest BCUT2D eigenvalue weighted by atomic mass is 19.4. The lowest BCUT2D eigenvalue weighted by molar-refractivity contribution is -0.152. The lowest BCUT2D eigenvalue weighted by atomic mass is 9.80. The molecule has 1 atom stereocenters. The number of carboxylic acids is 1. The molecule has 0 saturated heterocycles. The number of hydrogen-bond acceptors (Lipinski definition) is 3. The van der Waals surface area contributed by atoms with Gasteiger partial charge < -0.3 is 15.2 Å². The molecule has 0 radical (unpaired) electrons. The van der Waals surface area contributed by atoms with Crippen LogP contribution in [0.15, 0.2) is 0 Å². The van der Waals surface area contributed by atoms with E-state index in [0.717, 1.165) is 0 Å². The molecule has 1 unspecified atom stereocenters. The van der Waals surface area contributed by atoms with Crippen LogP contribution in [0.5, 0.6) is 0 Å². The van der Waals surface area contributed by atoms with Crippen molar-refractivity contribution in [1.29, 1.82) is 0 Å². The van der Waals surface area contributed by atoms with Gasteiger partial charge in [0.05, 0.1) is 5.41 Å². The Bertz CT molecular complexity index is 391. The summed E-state index contributed by atoms with van der Waals surface area (Å²) in [4.78, 5) is 23.0. The molecule has 0 saturated carbocycles. The summed E-state index contributed by atoms with van der Waals surface area (Å²) in [7, 11) is 0. The molecule has 0 spiro atoms. The van der Waals surface area contributed by atoms with Gasteiger partial charge in [-0.1, -0.05) is 6.92 Å². The number of hydrogen-bond donors (Lipinski definition) is 2. The lowest BCUT2D eigenvalue weighted by Gasteiger charge is -2.29. The van der Waals surface area contributed by atoms with E-state index in [1.807, 2.05) is 0 Å². The number of alkyl halides is 3. The van der Waals surface area contributed by atoms with E-state index < -0.39 is 35.7 Å². The first-order chi connectivity index (χ1) is 9.81. The zero-order valence-electron chi connectivity index (χ0n) is 13.3. The number of halogens is 3. The molecule has 8 heteroatoms. The Hall–Kier alpha value is -1.47. The molecule has 0 aliphatic rings. The largest absolute Gasteiger partial charge is 0.481 e.